The van der Waals surface area contributed by atoms with Gasteiger partial charge in [-0.2, -0.15) is 0 Å². The van der Waals surface area contributed by atoms with Crippen molar-refractivity contribution in [2.75, 3.05) is 39.7 Å². The molecule has 0 amide bonds. The lowest BCUT2D eigenvalue weighted by atomic mass is 10.3. The number of anilines is 1. The first-order valence-electron chi connectivity index (χ1n) is 6.26. The van der Waals surface area contributed by atoms with Gasteiger partial charge in [-0.25, -0.2) is 12.7 Å². The minimum absolute atomic E-state index is 0.159. The molecule has 0 aliphatic rings. The Bertz CT molecular complexity index is 603. The minimum atomic E-state index is -3.93. The van der Waals surface area contributed by atoms with E-state index in [0.29, 0.717) is 13.0 Å². The molecule has 1 aromatic rings. The third-order valence-corrected chi connectivity index (χ3v) is 4.85. The van der Waals surface area contributed by atoms with E-state index in [2.05, 4.69) is 5.32 Å². The van der Waals surface area contributed by atoms with Crippen LogP contribution in [0.5, 0.6) is 0 Å². The zero-order valence-electron chi connectivity index (χ0n) is 12.2. The molecule has 0 aliphatic heterocycles. The molecule has 0 atom stereocenters. The molecule has 0 fully saturated rings. The van der Waals surface area contributed by atoms with Crippen molar-refractivity contribution < 1.29 is 18.1 Å². The Hall–Kier alpha value is -1.71. The Balaban J connectivity index is 3.22. The molecule has 21 heavy (non-hydrogen) atoms. The van der Waals surface area contributed by atoms with Gasteiger partial charge in [0, 0.05) is 34.4 Å². The number of benzene rings is 1. The number of nitro benzene ring substituents is 1. The van der Waals surface area contributed by atoms with E-state index in [0.717, 1.165) is 4.31 Å². The van der Waals surface area contributed by atoms with Gasteiger partial charge in [0.15, 0.2) is 4.90 Å². The van der Waals surface area contributed by atoms with E-state index >= 15 is 0 Å². The Kier molecular flexibility index (Phi) is 6.06. The number of sulfonamides is 1. The van der Waals surface area contributed by atoms with Gasteiger partial charge in [-0.15, -0.1) is 0 Å². The topological polar surface area (TPSA) is 102 Å². The first-order chi connectivity index (χ1) is 9.86. The average Bonchev–Trinajstić information content (AvgIpc) is 2.46. The smallest absolute Gasteiger partial charge is 0.312 e. The molecule has 8 nitrogen and oxygen atoms in total. The van der Waals surface area contributed by atoms with Gasteiger partial charge in [-0.3, -0.25) is 10.1 Å². The fourth-order valence-corrected chi connectivity index (χ4v) is 3.22. The van der Waals surface area contributed by atoms with Crippen molar-refractivity contribution in [3.63, 3.8) is 0 Å². The van der Waals surface area contributed by atoms with E-state index < -0.39 is 20.6 Å². The number of rotatable bonds is 8. The number of nitrogens with one attached hydrogen (secondary N) is 1. The summed E-state index contributed by atoms with van der Waals surface area (Å²) >= 11 is 0. The standard InChI is InChI=1S/C12H19N3O5S/c1-13-10-6-4-7-11(12(10)15(16)17)21(18,19)14(2)8-5-9-20-3/h4,6-7,13H,5,8-9H2,1-3H3. The van der Waals surface area contributed by atoms with Gasteiger partial charge in [0.1, 0.15) is 5.69 Å². The second-order valence-electron chi connectivity index (χ2n) is 4.33. The van der Waals surface area contributed by atoms with Gasteiger partial charge in [0.2, 0.25) is 10.0 Å². The zero-order valence-corrected chi connectivity index (χ0v) is 13.0. The summed E-state index contributed by atoms with van der Waals surface area (Å²) in [5.41, 5.74) is -0.287. The molecular formula is C12H19N3O5S. The average molecular weight is 317 g/mol. The van der Waals surface area contributed by atoms with Crippen molar-refractivity contribution in [1.29, 1.82) is 0 Å². The van der Waals surface area contributed by atoms with Crippen molar-refractivity contribution in [2.45, 2.75) is 11.3 Å². The lowest BCUT2D eigenvalue weighted by molar-refractivity contribution is -0.386. The highest BCUT2D eigenvalue weighted by Crippen LogP contribution is 2.33. The highest BCUT2D eigenvalue weighted by atomic mass is 32.2. The van der Waals surface area contributed by atoms with Crippen molar-refractivity contribution in [3.05, 3.63) is 28.3 Å². The van der Waals surface area contributed by atoms with Crippen molar-refractivity contribution in [1.82, 2.24) is 4.31 Å². The molecule has 0 bridgehead atoms. The van der Waals surface area contributed by atoms with E-state index in [1.54, 1.807) is 0 Å². The Morgan fingerprint density at radius 1 is 1.43 bits per heavy atom. The molecule has 1 rings (SSSR count). The quantitative estimate of drug-likeness (QED) is 0.440. The molecule has 1 aromatic carbocycles. The maximum absolute atomic E-state index is 12.5. The highest BCUT2D eigenvalue weighted by molar-refractivity contribution is 7.89. The Morgan fingerprint density at radius 2 is 2.10 bits per heavy atom. The van der Waals surface area contributed by atoms with Gasteiger partial charge in [-0.1, -0.05) is 6.07 Å². The van der Waals surface area contributed by atoms with Gasteiger partial charge >= 0.3 is 5.69 Å². The SMILES string of the molecule is CNc1cccc(S(=O)(=O)N(C)CCCOC)c1[N+](=O)[O-]. The Morgan fingerprint density at radius 3 is 2.62 bits per heavy atom. The van der Waals surface area contributed by atoms with Crippen LogP contribution in [0, 0.1) is 10.1 Å². The fraction of sp³-hybridized carbons (Fsp3) is 0.500. The number of nitro groups is 1. The van der Waals surface area contributed by atoms with Gasteiger partial charge in [0.25, 0.3) is 0 Å². The predicted molar refractivity (Wildman–Crippen MR) is 79.0 cm³/mol. The lowest BCUT2D eigenvalue weighted by Crippen LogP contribution is -2.29. The second kappa shape index (κ2) is 7.34. The van der Waals surface area contributed by atoms with Crippen LogP contribution in [0.25, 0.3) is 0 Å². The van der Waals surface area contributed by atoms with Crippen LogP contribution in [0.2, 0.25) is 0 Å². The van der Waals surface area contributed by atoms with Crippen LogP contribution in [-0.4, -0.2) is 52.0 Å². The fourth-order valence-electron chi connectivity index (χ4n) is 1.84. The molecule has 0 aliphatic carbocycles. The summed E-state index contributed by atoms with van der Waals surface area (Å²) in [7, 11) is 0.483. The number of nitrogens with zero attached hydrogens (tertiary/aromatic N) is 2. The monoisotopic (exact) mass is 317 g/mol. The van der Waals surface area contributed by atoms with E-state index in [1.165, 1.54) is 39.4 Å². The zero-order chi connectivity index (χ0) is 16.0. The molecule has 9 heteroatoms. The lowest BCUT2D eigenvalue weighted by Gasteiger charge is -2.17. The number of ether oxygens (including phenoxy) is 1. The summed E-state index contributed by atoms with van der Waals surface area (Å²) in [5.74, 6) is 0. The Labute approximate surface area is 123 Å². The largest absolute Gasteiger partial charge is 0.385 e. The maximum Gasteiger partial charge on any atom is 0.312 e. The molecule has 0 saturated heterocycles. The minimum Gasteiger partial charge on any atom is -0.385 e. The molecule has 0 aromatic heterocycles. The molecule has 118 valence electrons. The molecule has 0 unspecified atom stereocenters. The summed E-state index contributed by atoms with van der Waals surface area (Å²) in [6.45, 7) is 0.635. The van der Waals surface area contributed by atoms with E-state index in [-0.39, 0.29) is 17.1 Å². The number of para-hydroxylation sites is 1. The molecule has 0 heterocycles. The van der Waals surface area contributed by atoms with Crippen molar-refractivity contribution in [3.8, 4) is 0 Å². The number of methoxy groups -OCH3 is 1. The summed E-state index contributed by atoms with van der Waals surface area (Å²) in [5, 5.41) is 13.8. The molecular weight excluding hydrogens is 298 g/mol. The van der Waals surface area contributed by atoms with Crippen molar-refractivity contribution >= 4 is 21.4 Å². The third kappa shape index (κ3) is 3.90. The van der Waals surface area contributed by atoms with Crippen molar-refractivity contribution in [2.24, 2.45) is 0 Å². The number of hydrogen-bond acceptors (Lipinski definition) is 6. The van der Waals surface area contributed by atoms with Crippen LogP contribution >= 0.6 is 0 Å². The van der Waals surface area contributed by atoms with Crippen LogP contribution < -0.4 is 5.32 Å². The van der Waals surface area contributed by atoms with Crippen LogP contribution in [0.3, 0.4) is 0 Å². The highest BCUT2D eigenvalue weighted by Gasteiger charge is 2.31. The van der Waals surface area contributed by atoms with E-state index in [1.807, 2.05) is 0 Å². The van der Waals surface area contributed by atoms with Crippen LogP contribution in [-0.2, 0) is 14.8 Å². The van der Waals surface area contributed by atoms with Crippen LogP contribution in [0.1, 0.15) is 6.42 Å². The van der Waals surface area contributed by atoms with Crippen LogP contribution in [0.4, 0.5) is 11.4 Å². The summed E-state index contributed by atoms with van der Waals surface area (Å²) in [6.07, 6.45) is 0.506. The molecule has 0 radical (unpaired) electrons. The third-order valence-electron chi connectivity index (χ3n) is 2.96. The summed E-state index contributed by atoms with van der Waals surface area (Å²) in [4.78, 5) is 10.2. The maximum atomic E-state index is 12.5. The first kappa shape index (κ1) is 17.3. The molecule has 1 N–H and O–H groups in total. The van der Waals surface area contributed by atoms with Crippen LogP contribution in [0.15, 0.2) is 23.1 Å². The molecule has 0 saturated carbocycles. The molecule has 0 spiro atoms. The van der Waals surface area contributed by atoms with Gasteiger partial charge in [0.05, 0.1) is 4.92 Å². The summed E-state index contributed by atoms with van der Waals surface area (Å²) in [6, 6.07) is 4.16. The van der Waals surface area contributed by atoms with Gasteiger partial charge < -0.3 is 10.1 Å². The normalized spacial score (nSPS) is 11.6. The predicted octanol–water partition coefficient (Wildman–Crippen LogP) is 1.29. The number of hydrogen-bond donors (Lipinski definition) is 1. The second-order valence-corrected chi connectivity index (χ2v) is 6.35. The first-order valence-corrected chi connectivity index (χ1v) is 7.70. The van der Waals surface area contributed by atoms with Gasteiger partial charge in [-0.05, 0) is 18.6 Å². The summed E-state index contributed by atoms with van der Waals surface area (Å²) < 4.78 is 30.9. The van der Waals surface area contributed by atoms with E-state index in [4.69, 9.17) is 4.74 Å². The van der Waals surface area contributed by atoms with E-state index in [9.17, 15) is 18.5 Å².